The minimum atomic E-state index is -0.242. The monoisotopic (exact) mass is 297 g/mol. The van der Waals surface area contributed by atoms with Gasteiger partial charge in [-0.15, -0.1) is 0 Å². The van der Waals surface area contributed by atoms with Crippen molar-refractivity contribution in [1.29, 1.82) is 0 Å². The van der Waals surface area contributed by atoms with Gasteiger partial charge in [-0.25, -0.2) is 4.39 Å². The van der Waals surface area contributed by atoms with Gasteiger partial charge in [0, 0.05) is 19.3 Å². The van der Waals surface area contributed by atoms with E-state index in [9.17, 15) is 4.39 Å². The molecule has 0 aliphatic carbocycles. The van der Waals surface area contributed by atoms with E-state index in [0.29, 0.717) is 11.0 Å². The molecule has 90 valence electrons. The van der Waals surface area contributed by atoms with E-state index in [0.717, 1.165) is 17.8 Å². The number of aryl methyl sites for hydroxylation is 1. The molecule has 0 bridgehead atoms. The summed E-state index contributed by atoms with van der Waals surface area (Å²) in [5.41, 5.74) is 1.84. The van der Waals surface area contributed by atoms with Gasteiger partial charge in [-0.05, 0) is 40.5 Å². The molecule has 0 amide bonds. The second-order valence-electron chi connectivity index (χ2n) is 3.69. The minimum absolute atomic E-state index is 0.242. The lowest BCUT2D eigenvalue weighted by Crippen LogP contribution is -1.99. The molecule has 0 fully saturated rings. The van der Waals surface area contributed by atoms with Gasteiger partial charge >= 0.3 is 0 Å². The van der Waals surface area contributed by atoms with Crippen LogP contribution < -0.4 is 5.32 Å². The Morgan fingerprint density at radius 1 is 1.47 bits per heavy atom. The molecule has 1 N–H and O–H groups in total. The van der Waals surface area contributed by atoms with E-state index in [4.69, 9.17) is 0 Å². The summed E-state index contributed by atoms with van der Waals surface area (Å²) in [5, 5.41) is 7.35. The van der Waals surface area contributed by atoms with Crippen LogP contribution in [0.25, 0.3) is 0 Å². The highest BCUT2D eigenvalue weighted by Gasteiger charge is 2.01. The van der Waals surface area contributed by atoms with Crippen LogP contribution in [-0.4, -0.2) is 9.78 Å². The summed E-state index contributed by atoms with van der Waals surface area (Å²) < 4.78 is 15.6. The maximum absolute atomic E-state index is 13.3. The van der Waals surface area contributed by atoms with E-state index >= 15 is 0 Å². The molecule has 17 heavy (non-hydrogen) atoms. The molecule has 2 rings (SSSR count). The van der Waals surface area contributed by atoms with Crippen molar-refractivity contribution in [3.63, 3.8) is 0 Å². The SMILES string of the molecule is CCn1cc(NCc2ccc(Br)c(F)c2)cn1. The zero-order chi connectivity index (χ0) is 12.3. The van der Waals surface area contributed by atoms with Crippen LogP contribution in [0.4, 0.5) is 10.1 Å². The molecule has 0 atom stereocenters. The molecule has 0 saturated heterocycles. The van der Waals surface area contributed by atoms with Crippen molar-refractivity contribution < 1.29 is 4.39 Å². The van der Waals surface area contributed by atoms with Gasteiger partial charge in [0.15, 0.2) is 0 Å². The zero-order valence-corrected chi connectivity index (χ0v) is 11.0. The van der Waals surface area contributed by atoms with E-state index in [1.54, 1.807) is 12.3 Å². The summed E-state index contributed by atoms with van der Waals surface area (Å²) in [5.74, 6) is -0.242. The van der Waals surface area contributed by atoms with Crippen molar-refractivity contribution in [2.75, 3.05) is 5.32 Å². The van der Waals surface area contributed by atoms with Crippen molar-refractivity contribution in [3.05, 3.63) is 46.4 Å². The smallest absolute Gasteiger partial charge is 0.137 e. The van der Waals surface area contributed by atoms with E-state index in [-0.39, 0.29) is 5.82 Å². The van der Waals surface area contributed by atoms with Crippen LogP contribution in [0.2, 0.25) is 0 Å². The highest BCUT2D eigenvalue weighted by atomic mass is 79.9. The van der Waals surface area contributed by atoms with Crippen LogP contribution in [0, 0.1) is 5.82 Å². The Morgan fingerprint density at radius 3 is 2.94 bits per heavy atom. The topological polar surface area (TPSA) is 29.9 Å². The minimum Gasteiger partial charge on any atom is -0.378 e. The van der Waals surface area contributed by atoms with Crippen LogP contribution >= 0.6 is 15.9 Å². The maximum atomic E-state index is 13.3. The predicted molar refractivity (Wildman–Crippen MR) is 69.3 cm³/mol. The molecule has 3 nitrogen and oxygen atoms in total. The molecule has 0 saturated carbocycles. The van der Waals surface area contributed by atoms with Gasteiger partial charge in [-0.3, -0.25) is 4.68 Å². The lowest BCUT2D eigenvalue weighted by Gasteiger charge is -2.04. The Labute approximate surface area is 108 Å². The normalized spacial score (nSPS) is 10.5. The summed E-state index contributed by atoms with van der Waals surface area (Å²) in [6.45, 7) is 3.45. The molecule has 0 aliphatic heterocycles. The molecule has 1 heterocycles. The van der Waals surface area contributed by atoms with Gasteiger partial charge in [0.05, 0.1) is 16.4 Å². The number of nitrogens with one attached hydrogen (secondary N) is 1. The molecule has 5 heteroatoms. The summed E-state index contributed by atoms with van der Waals surface area (Å²) in [4.78, 5) is 0. The average molecular weight is 298 g/mol. The Hall–Kier alpha value is -1.36. The lowest BCUT2D eigenvalue weighted by atomic mass is 10.2. The number of rotatable bonds is 4. The lowest BCUT2D eigenvalue weighted by molar-refractivity contribution is 0.619. The van der Waals surface area contributed by atoms with E-state index in [1.165, 1.54) is 6.07 Å². The van der Waals surface area contributed by atoms with Crippen molar-refractivity contribution in [3.8, 4) is 0 Å². The molecule has 1 aromatic heterocycles. The second kappa shape index (κ2) is 5.31. The van der Waals surface area contributed by atoms with Crippen LogP contribution in [-0.2, 0) is 13.1 Å². The first-order chi connectivity index (χ1) is 8.19. The maximum Gasteiger partial charge on any atom is 0.137 e. The van der Waals surface area contributed by atoms with E-state index in [1.807, 2.05) is 23.9 Å². The number of benzene rings is 1. The zero-order valence-electron chi connectivity index (χ0n) is 9.45. The van der Waals surface area contributed by atoms with Gasteiger partial charge < -0.3 is 5.32 Å². The number of hydrogen-bond acceptors (Lipinski definition) is 2. The Morgan fingerprint density at radius 2 is 2.29 bits per heavy atom. The predicted octanol–water partition coefficient (Wildman–Crippen LogP) is 3.42. The standard InChI is InChI=1S/C12H13BrFN3/c1-2-17-8-10(7-16-17)15-6-9-3-4-11(13)12(14)5-9/h3-5,7-8,15H,2,6H2,1H3. The third-order valence-corrected chi connectivity index (χ3v) is 3.08. The van der Waals surface area contributed by atoms with Gasteiger partial charge in [-0.2, -0.15) is 5.10 Å². The highest BCUT2D eigenvalue weighted by Crippen LogP contribution is 2.17. The van der Waals surface area contributed by atoms with Crippen LogP contribution in [0.1, 0.15) is 12.5 Å². The fraction of sp³-hybridized carbons (Fsp3) is 0.250. The Balaban J connectivity index is 1.99. The van der Waals surface area contributed by atoms with Crippen LogP contribution in [0.5, 0.6) is 0 Å². The van der Waals surface area contributed by atoms with E-state index in [2.05, 4.69) is 26.3 Å². The molecule has 0 aliphatic rings. The van der Waals surface area contributed by atoms with Crippen molar-refractivity contribution in [1.82, 2.24) is 9.78 Å². The molecule has 0 spiro atoms. The molecular weight excluding hydrogens is 285 g/mol. The number of hydrogen-bond donors (Lipinski definition) is 1. The number of halogens is 2. The van der Waals surface area contributed by atoms with Gasteiger partial charge in [0.25, 0.3) is 0 Å². The third-order valence-electron chi connectivity index (χ3n) is 2.44. The van der Waals surface area contributed by atoms with Gasteiger partial charge in [-0.1, -0.05) is 6.07 Å². The first-order valence-corrected chi connectivity index (χ1v) is 6.18. The van der Waals surface area contributed by atoms with Crippen LogP contribution in [0.15, 0.2) is 35.1 Å². The second-order valence-corrected chi connectivity index (χ2v) is 4.54. The molecular formula is C12H13BrFN3. The largest absolute Gasteiger partial charge is 0.378 e. The summed E-state index contributed by atoms with van der Waals surface area (Å²) in [6, 6.07) is 5.10. The molecule has 0 unspecified atom stereocenters. The highest BCUT2D eigenvalue weighted by molar-refractivity contribution is 9.10. The summed E-state index contributed by atoms with van der Waals surface area (Å²) >= 11 is 3.13. The fourth-order valence-corrected chi connectivity index (χ4v) is 1.73. The van der Waals surface area contributed by atoms with Crippen LogP contribution in [0.3, 0.4) is 0 Å². The molecule has 1 aromatic carbocycles. The fourth-order valence-electron chi connectivity index (χ4n) is 1.48. The van der Waals surface area contributed by atoms with Gasteiger partial charge in [0.1, 0.15) is 5.82 Å². The Kier molecular flexibility index (Phi) is 3.78. The molecule has 0 radical (unpaired) electrons. The summed E-state index contributed by atoms with van der Waals surface area (Å²) in [6.07, 6.45) is 3.69. The van der Waals surface area contributed by atoms with Crippen molar-refractivity contribution >= 4 is 21.6 Å². The number of anilines is 1. The Bertz CT molecular complexity index is 510. The number of aromatic nitrogens is 2. The van der Waals surface area contributed by atoms with E-state index < -0.39 is 0 Å². The summed E-state index contributed by atoms with van der Waals surface area (Å²) in [7, 11) is 0. The average Bonchev–Trinajstić information content (AvgIpc) is 2.79. The van der Waals surface area contributed by atoms with Crippen molar-refractivity contribution in [2.45, 2.75) is 20.0 Å². The number of nitrogens with zero attached hydrogens (tertiary/aromatic N) is 2. The molecule has 2 aromatic rings. The third kappa shape index (κ3) is 3.06. The first kappa shape index (κ1) is 12.1. The first-order valence-electron chi connectivity index (χ1n) is 5.39. The van der Waals surface area contributed by atoms with Gasteiger partial charge in [0.2, 0.25) is 0 Å². The van der Waals surface area contributed by atoms with Crippen molar-refractivity contribution in [2.24, 2.45) is 0 Å². The quantitative estimate of drug-likeness (QED) is 0.937.